The molecule has 2 rings (SSSR count). The maximum Gasteiger partial charge on any atom is 0.327 e. The minimum absolute atomic E-state index is 0.188. The third-order valence-electron chi connectivity index (χ3n) is 2.38. The molecule has 2 aromatic rings. The lowest BCUT2D eigenvalue weighted by Crippen LogP contribution is -2.41. The number of aromatic nitrogens is 3. The number of nitrogens with zero attached hydrogens (tertiary/aromatic N) is 3. The van der Waals surface area contributed by atoms with Crippen LogP contribution in [0.2, 0.25) is 0 Å². The van der Waals surface area contributed by atoms with E-state index in [-0.39, 0.29) is 11.7 Å². The van der Waals surface area contributed by atoms with Crippen LogP contribution in [0.25, 0.3) is 11.2 Å². The fourth-order valence-corrected chi connectivity index (χ4v) is 2.38. The first-order valence-electron chi connectivity index (χ1n) is 5.77. The molecule has 1 atom stereocenters. The molecule has 104 valence electrons. The van der Waals surface area contributed by atoms with Crippen molar-refractivity contribution in [2.24, 2.45) is 0 Å². The highest BCUT2D eigenvalue weighted by Gasteiger charge is 2.18. The lowest BCUT2D eigenvalue weighted by molar-refractivity contribution is -0.140. The third-order valence-corrected chi connectivity index (χ3v) is 3.40. The van der Waals surface area contributed by atoms with Crippen LogP contribution in [0.3, 0.4) is 0 Å². The van der Waals surface area contributed by atoms with Gasteiger partial charge in [-0.2, -0.15) is 0 Å². The Morgan fingerprint density at radius 3 is 2.80 bits per heavy atom. The van der Waals surface area contributed by atoms with Crippen molar-refractivity contribution in [3.05, 3.63) is 24.5 Å². The summed E-state index contributed by atoms with van der Waals surface area (Å²) in [7, 11) is 0. The molecule has 0 spiro atoms. The molecule has 20 heavy (non-hydrogen) atoms. The number of carboxylic acid groups (broad SMARTS) is 1. The molecule has 0 saturated carbocycles. The summed E-state index contributed by atoms with van der Waals surface area (Å²) in [6, 6.07) is 2.57. The van der Waals surface area contributed by atoms with Crippen LogP contribution in [0.5, 0.6) is 0 Å². The molecule has 2 N–H and O–H groups in total. The number of hydrogen-bond acceptors (Lipinski definition) is 6. The summed E-state index contributed by atoms with van der Waals surface area (Å²) < 4.78 is 0. The molecule has 0 aliphatic carbocycles. The molecule has 0 unspecified atom stereocenters. The first-order chi connectivity index (χ1) is 9.56. The van der Waals surface area contributed by atoms with Crippen molar-refractivity contribution in [3.63, 3.8) is 0 Å². The number of aliphatic carboxylic acids is 1. The van der Waals surface area contributed by atoms with Crippen molar-refractivity contribution in [2.75, 3.05) is 5.75 Å². The van der Waals surface area contributed by atoms with E-state index in [2.05, 4.69) is 20.3 Å². The Labute approximate surface area is 118 Å². The van der Waals surface area contributed by atoms with Crippen LogP contribution in [0.15, 0.2) is 29.6 Å². The van der Waals surface area contributed by atoms with Crippen LogP contribution in [0.4, 0.5) is 0 Å². The lowest BCUT2D eigenvalue weighted by atomic mass is 10.3. The highest BCUT2D eigenvalue weighted by molar-refractivity contribution is 7.99. The van der Waals surface area contributed by atoms with E-state index in [1.807, 2.05) is 0 Å². The van der Waals surface area contributed by atoms with Crippen LogP contribution in [0.1, 0.15) is 6.92 Å². The van der Waals surface area contributed by atoms with Crippen molar-refractivity contribution in [3.8, 4) is 0 Å². The summed E-state index contributed by atoms with van der Waals surface area (Å²) in [5.41, 5.74) is 1.18. The van der Waals surface area contributed by atoms with Crippen molar-refractivity contribution in [1.82, 2.24) is 20.3 Å². The number of thioether (sulfide) groups is 1. The van der Waals surface area contributed by atoms with Gasteiger partial charge in [-0.15, -0.1) is 11.8 Å². The number of fused-ring (bicyclic) bond motifs is 1. The second-order valence-electron chi connectivity index (χ2n) is 3.95. The number of hydrogen-bond donors (Lipinski definition) is 2. The van der Waals surface area contributed by atoms with Crippen LogP contribution >= 0.6 is 11.8 Å². The average molecular weight is 292 g/mol. The van der Waals surface area contributed by atoms with Gasteiger partial charge in [0.1, 0.15) is 11.6 Å². The zero-order valence-corrected chi connectivity index (χ0v) is 11.4. The van der Waals surface area contributed by atoms with Gasteiger partial charge in [-0.1, -0.05) is 0 Å². The predicted octanol–water partition coefficient (Wildman–Crippen LogP) is 0.706. The maximum atomic E-state index is 11.0. The number of amides is 1. The molecular weight excluding hydrogens is 280 g/mol. The third kappa shape index (κ3) is 3.64. The molecule has 0 aromatic carbocycles. The lowest BCUT2D eigenvalue weighted by Gasteiger charge is -2.12. The monoisotopic (exact) mass is 292 g/mol. The van der Waals surface area contributed by atoms with E-state index in [1.165, 1.54) is 18.7 Å². The minimum atomic E-state index is -1.08. The predicted molar refractivity (Wildman–Crippen MR) is 73.3 cm³/mol. The van der Waals surface area contributed by atoms with E-state index in [1.54, 1.807) is 24.5 Å². The van der Waals surface area contributed by atoms with Gasteiger partial charge in [0.25, 0.3) is 0 Å². The second-order valence-corrected chi connectivity index (χ2v) is 4.99. The fraction of sp³-hybridized carbons (Fsp3) is 0.250. The van der Waals surface area contributed by atoms with Crippen molar-refractivity contribution in [1.29, 1.82) is 0 Å². The standard InChI is InChI=1S/C12H12N4O3S/c1-7(17)15-9(12(18)19)6-20-10-3-2-8-11(16-10)14-5-4-13-8/h2-5,9H,6H2,1H3,(H,15,17)(H,18,19)/t9-/m0/s1. The number of pyridine rings is 1. The molecule has 7 nitrogen and oxygen atoms in total. The molecule has 0 radical (unpaired) electrons. The number of carbonyl (C=O) groups is 2. The quantitative estimate of drug-likeness (QED) is 0.782. The number of carbonyl (C=O) groups excluding carboxylic acids is 1. The molecule has 2 heterocycles. The molecular formula is C12H12N4O3S. The Morgan fingerprint density at radius 2 is 2.10 bits per heavy atom. The first kappa shape index (κ1) is 14.2. The maximum absolute atomic E-state index is 11.0. The van der Waals surface area contributed by atoms with Crippen LogP contribution in [-0.4, -0.2) is 43.7 Å². The van der Waals surface area contributed by atoms with Crippen LogP contribution in [0, 0.1) is 0 Å². The smallest absolute Gasteiger partial charge is 0.327 e. The van der Waals surface area contributed by atoms with E-state index in [9.17, 15) is 9.59 Å². The normalized spacial score (nSPS) is 12.1. The molecule has 2 aromatic heterocycles. The summed E-state index contributed by atoms with van der Waals surface area (Å²) in [4.78, 5) is 34.4. The summed E-state index contributed by atoms with van der Waals surface area (Å²) in [5.74, 6) is -1.27. The van der Waals surface area contributed by atoms with Gasteiger partial charge >= 0.3 is 5.97 Å². The summed E-state index contributed by atoms with van der Waals surface area (Å²) in [6.45, 7) is 1.28. The second kappa shape index (κ2) is 6.29. The van der Waals surface area contributed by atoms with E-state index in [4.69, 9.17) is 5.11 Å². The Kier molecular flexibility index (Phi) is 4.46. The SMILES string of the molecule is CC(=O)N[C@@H](CSc1ccc2nccnc2n1)C(=O)O. The minimum Gasteiger partial charge on any atom is -0.480 e. The topological polar surface area (TPSA) is 105 Å². The van der Waals surface area contributed by atoms with Crippen LogP contribution < -0.4 is 5.32 Å². The van der Waals surface area contributed by atoms with Gasteiger partial charge < -0.3 is 10.4 Å². The number of nitrogens with one attached hydrogen (secondary N) is 1. The zero-order valence-electron chi connectivity index (χ0n) is 10.6. The van der Waals surface area contributed by atoms with Crippen molar-refractivity contribution in [2.45, 2.75) is 18.0 Å². The van der Waals surface area contributed by atoms with E-state index in [0.29, 0.717) is 16.2 Å². The summed E-state index contributed by atoms with van der Waals surface area (Å²) in [5, 5.41) is 12.0. The van der Waals surface area contributed by atoms with Gasteiger partial charge in [-0.05, 0) is 12.1 Å². The fourth-order valence-electron chi connectivity index (χ4n) is 1.51. The highest BCUT2D eigenvalue weighted by atomic mass is 32.2. The van der Waals surface area contributed by atoms with E-state index in [0.717, 1.165) is 0 Å². The van der Waals surface area contributed by atoms with Gasteiger partial charge in [-0.3, -0.25) is 9.78 Å². The van der Waals surface area contributed by atoms with E-state index >= 15 is 0 Å². The Morgan fingerprint density at radius 1 is 1.35 bits per heavy atom. The van der Waals surface area contributed by atoms with Crippen molar-refractivity contribution >= 4 is 34.8 Å². The summed E-state index contributed by atoms with van der Waals surface area (Å²) in [6.07, 6.45) is 3.12. The first-order valence-corrected chi connectivity index (χ1v) is 6.75. The molecule has 0 bridgehead atoms. The average Bonchev–Trinajstić information content (AvgIpc) is 2.42. The van der Waals surface area contributed by atoms with Gasteiger partial charge in [0.2, 0.25) is 5.91 Å². The van der Waals surface area contributed by atoms with Crippen molar-refractivity contribution < 1.29 is 14.7 Å². The molecule has 1 amide bonds. The number of rotatable bonds is 5. The Hall–Kier alpha value is -2.22. The van der Waals surface area contributed by atoms with Gasteiger partial charge in [0.05, 0.1) is 5.03 Å². The molecule has 0 aliphatic rings. The molecule has 8 heteroatoms. The Bertz CT molecular complexity index is 649. The van der Waals surface area contributed by atoms with Gasteiger partial charge in [0, 0.05) is 25.1 Å². The van der Waals surface area contributed by atoms with Gasteiger partial charge in [0.15, 0.2) is 5.65 Å². The van der Waals surface area contributed by atoms with E-state index < -0.39 is 12.0 Å². The molecule has 0 saturated heterocycles. The molecule has 0 aliphatic heterocycles. The molecule has 0 fully saturated rings. The van der Waals surface area contributed by atoms with Crippen LogP contribution in [-0.2, 0) is 9.59 Å². The Balaban J connectivity index is 2.07. The largest absolute Gasteiger partial charge is 0.480 e. The zero-order chi connectivity index (χ0) is 14.5. The number of carboxylic acids is 1. The van der Waals surface area contributed by atoms with Gasteiger partial charge in [-0.25, -0.2) is 14.8 Å². The highest BCUT2D eigenvalue weighted by Crippen LogP contribution is 2.18. The summed E-state index contributed by atoms with van der Waals surface area (Å²) >= 11 is 1.24.